The Labute approximate surface area is 271 Å². The molecule has 1 saturated carbocycles. The second-order valence-corrected chi connectivity index (χ2v) is 12.5. The maximum atomic E-state index is 14.7. The highest BCUT2D eigenvalue weighted by Crippen LogP contribution is 2.34. The van der Waals surface area contributed by atoms with E-state index in [4.69, 9.17) is 9.72 Å². The molecule has 240 valence electrons. The summed E-state index contributed by atoms with van der Waals surface area (Å²) in [6, 6.07) is 14.4. The second-order valence-electron chi connectivity index (χ2n) is 12.5. The van der Waals surface area contributed by atoms with Gasteiger partial charge in [0.15, 0.2) is 11.5 Å². The summed E-state index contributed by atoms with van der Waals surface area (Å²) >= 11 is 0. The molecule has 0 saturated heterocycles. The Hall–Kier alpha value is -5.16. The Bertz CT molecular complexity index is 2050. The standard InChI is InChI=1S/C36H37FN8O2/c1-45(2)12-13-47-28-17-24(15-26(37)19-28)29-10-11-39-35-33(29)41-36(42-35)34-30-18-23(8-9-31(30)43-44-34)25-16-27(21-38-20-25)40-32(46)14-22-6-4-3-5-7-22/h8-11,15-22H,3-7,12-14H2,1-2H3,(H,40,46)(H,43,44)(H,39,41,42). The van der Waals surface area contributed by atoms with Gasteiger partial charge in [0.05, 0.1) is 17.4 Å². The van der Waals surface area contributed by atoms with Crippen molar-refractivity contribution in [2.45, 2.75) is 38.5 Å². The predicted octanol–water partition coefficient (Wildman–Crippen LogP) is 7.22. The van der Waals surface area contributed by atoms with Gasteiger partial charge in [-0.1, -0.05) is 25.3 Å². The monoisotopic (exact) mass is 632 g/mol. The largest absolute Gasteiger partial charge is 0.492 e. The first-order chi connectivity index (χ1) is 22.9. The summed E-state index contributed by atoms with van der Waals surface area (Å²) in [6.45, 7) is 1.16. The number of ether oxygens (including phenoxy) is 1. The number of carbonyl (C=O) groups is 1. The summed E-state index contributed by atoms with van der Waals surface area (Å²) in [5, 5.41) is 11.6. The number of amides is 1. The molecule has 1 fully saturated rings. The lowest BCUT2D eigenvalue weighted by Gasteiger charge is -2.20. The molecule has 0 bridgehead atoms. The smallest absolute Gasteiger partial charge is 0.224 e. The van der Waals surface area contributed by atoms with Crippen LogP contribution in [0.3, 0.4) is 0 Å². The van der Waals surface area contributed by atoms with Crippen LogP contribution < -0.4 is 10.1 Å². The van der Waals surface area contributed by atoms with Crippen molar-refractivity contribution in [1.29, 1.82) is 0 Å². The molecule has 0 unspecified atom stereocenters. The van der Waals surface area contributed by atoms with Gasteiger partial charge in [0.25, 0.3) is 0 Å². The van der Waals surface area contributed by atoms with Crippen molar-refractivity contribution >= 4 is 33.7 Å². The first-order valence-corrected chi connectivity index (χ1v) is 16.1. The molecule has 1 amide bonds. The SMILES string of the molecule is CN(C)CCOc1cc(F)cc(-c2ccnc3[nH]c(-c4n[nH]c5ccc(-c6cncc(NC(=O)CC7CCCCC7)c6)cc45)nc23)c1. The normalized spacial score (nSPS) is 13.9. The average molecular weight is 633 g/mol. The molecule has 0 radical (unpaired) electrons. The molecule has 0 aliphatic heterocycles. The number of fused-ring (bicyclic) bond motifs is 2. The Kier molecular flexibility index (Phi) is 8.62. The minimum atomic E-state index is -0.392. The van der Waals surface area contributed by atoms with Crippen LogP contribution >= 0.6 is 0 Å². The lowest BCUT2D eigenvalue weighted by atomic mass is 9.87. The number of anilines is 1. The molecule has 2 aromatic carbocycles. The van der Waals surface area contributed by atoms with E-state index in [1.165, 1.54) is 31.4 Å². The van der Waals surface area contributed by atoms with Gasteiger partial charge in [-0.3, -0.25) is 14.9 Å². The van der Waals surface area contributed by atoms with E-state index in [-0.39, 0.29) is 5.91 Å². The molecule has 47 heavy (non-hydrogen) atoms. The van der Waals surface area contributed by atoms with E-state index in [0.717, 1.165) is 40.4 Å². The third kappa shape index (κ3) is 6.85. The quantitative estimate of drug-likeness (QED) is 0.146. The van der Waals surface area contributed by atoms with Gasteiger partial charge in [0, 0.05) is 47.9 Å². The summed E-state index contributed by atoms with van der Waals surface area (Å²) in [6.07, 6.45) is 11.6. The third-order valence-corrected chi connectivity index (χ3v) is 8.72. The van der Waals surface area contributed by atoms with E-state index < -0.39 is 5.82 Å². The Morgan fingerprint density at radius 2 is 1.89 bits per heavy atom. The van der Waals surface area contributed by atoms with Crippen LogP contribution in [0.25, 0.3) is 55.8 Å². The molecule has 4 aromatic heterocycles. The number of aromatic amines is 2. The number of nitrogens with zero attached hydrogens (tertiary/aromatic N) is 5. The lowest BCUT2D eigenvalue weighted by Crippen LogP contribution is -2.19. The molecular formula is C36H37FN8O2. The van der Waals surface area contributed by atoms with Gasteiger partial charge in [-0.15, -0.1) is 0 Å². The number of pyridine rings is 2. The van der Waals surface area contributed by atoms with Gasteiger partial charge >= 0.3 is 0 Å². The number of rotatable bonds is 10. The van der Waals surface area contributed by atoms with Gasteiger partial charge < -0.3 is 19.9 Å². The van der Waals surface area contributed by atoms with Crippen LogP contribution in [0, 0.1) is 11.7 Å². The molecule has 11 heteroatoms. The Morgan fingerprint density at radius 1 is 1.02 bits per heavy atom. The Balaban J connectivity index is 1.16. The van der Waals surface area contributed by atoms with Crippen molar-refractivity contribution in [1.82, 2.24) is 35.0 Å². The molecule has 7 rings (SSSR count). The number of hydrogen-bond donors (Lipinski definition) is 3. The molecule has 4 heterocycles. The van der Waals surface area contributed by atoms with Gasteiger partial charge in [0.2, 0.25) is 5.91 Å². The number of imidazole rings is 1. The van der Waals surface area contributed by atoms with Crippen molar-refractivity contribution in [3.8, 4) is 39.5 Å². The third-order valence-electron chi connectivity index (χ3n) is 8.72. The van der Waals surface area contributed by atoms with Crippen molar-refractivity contribution < 1.29 is 13.9 Å². The number of H-pyrrole nitrogens is 2. The van der Waals surface area contributed by atoms with Gasteiger partial charge in [0.1, 0.15) is 29.4 Å². The molecule has 10 nitrogen and oxygen atoms in total. The van der Waals surface area contributed by atoms with Gasteiger partial charge in [-0.2, -0.15) is 5.10 Å². The molecule has 1 aliphatic carbocycles. The number of benzene rings is 2. The zero-order chi connectivity index (χ0) is 32.3. The number of likely N-dealkylation sites (N-methyl/N-ethyl adjacent to an activating group) is 1. The maximum absolute atomic E-state index is 14.7. The summed E-state index contributed by atoms with van der Waals surface area (Å²) in [4.78, 5) is 31.9. The summed E-state index contributed by atoms with van der Waals surface area (Å²) in [5.74, 6) is 1.09. The van der Waals surface area contributed by atoms with Gasteiger partial charge in [-0.25, -0.2) is 14.4 Å². The van der Waals surface area contributed by atoms with Crippen LogP contribution in [-0.2, 0) is 4.79 Å². The molecule has 1 aliphatic rings. The summed E-state index contributed by atoms with van der Waals surface area (Å²) < 4.78 is 20.5. The van der Waals surface area contributed by atoms with Crippen molar-refractivity contribution in [2.75, 3.05) is 32.6 Å². The number of nitrogens with one attached hydrogen (secondary N) is 3. The van der Waals surface area contributed by atoms with E-state index in [1.807, 2.05) is 55.4 Å². The first-order valence-electron chi connectivity index (χ1n) is 16.1. The highest BCUT2D eigenvalue weighted by molar-refractivity contribution is 5.98. The zero-order valence-corrected chi connectivity index (χ0v) is 26.5. The fourth-order valence-corrected chi connectivity index (χ4v) is 6.31. The molecule has 6 aromatic rings. The number of halogens is 1. The van der Waals surface area contributed by atoms with Crippen LogP contribution in [0.15, 0.2) is 67.1 Å². The fourth-order valence-electron chi connectivity index (χ4n) is 6.31. The van der Waals surface area contributed by atoms with Crippen LogP contribution in [0.2, 0.25) is 0 Å². The fraction of sp³-hybridized carbons (Fsp3) is 0.306. The van der Waals surface area contributed by atoms with Gasteiger partial charge in [-0.05, 0) is 80.4 Å². The minimum Gasteiger partial charge on any atom is -0.492 e. The van der Waals surface area contributed by atoms with Crippen molar-refractivity contribution in [3.05, 3.63) is 72.9 Å². The van der Waals surface area contributed by atoms with Crippen LogP contribution in [0.5, 0.6) is 5.75 Å². The predicted molar refractivity (Wildman–Crippen MR) is 181 cm³/mol. The van der Waals surface area contributed by atoms with Crippen molar-refractivity contribution in [2.24, 2.45) is 5.92 Å². The minimum absolute atomic E-state index is 0.0348. The lowest BCUT2D eigenvalue weighted by molar-refractivity contribution is -0.117. The molecular weight excluding hydrogens is 595 g/mol. The first kappa shape index (κ1) is 30.5. The average Bonchev–Trinajstić information content (AvgIpc) is 3.69. The zero-order valence-electron chi connectivity index (χ0n) is 26.5. The number of hydrogen-bond acceptors (Lipinski definition) is 7. The topological polar surface area (TPSA) is 125 Å². The van der Waals surface area contributed by atoms with E-state index in [2.05, 4.69) is 30.5 Å². The highest BCUT2D eigenvalue weighted by atomic mass is 19.1. The number of carbonyl (C=O) groups excluding carboxylic acids is 1. The van der Waals surface area contributed by atoms with E-state index in [0.29, 0.717) is 65.2 Å². The van der Waals surface area contributed by atoms with E-state index in [1.54, 1.807) is 18.6 Å². The number of aromatic nitrogens is 6. The molecule has 0 atom stereocenters. The highest BCUT2D eigenvalue weighted by Gasteiger charge is 2.19. The van der Waals surface area contributed by atoms with E-state index in [9.17, 15) is 9.18 Å². The van der Waals surface area contributed by atoms with Crippen LogP contribution in [-0.4, -0.2) is 68.2 Å². The van der Waals surface area contributed by atoms with Crippen molar-refractivity contribution in [3.63, 3.8) is 0 Å². The summed E-state index contributed by atoms with van der Waals surface area (Å²) in [5.41, 5.74) is 6.46. The Morgan fingerprint density at radius 3 is 2.74 bits per heavy atom. The van der Waals surface area contributed by atoms with Crippen LogP contribution in [0.1, 0.15) is 38.5 Å². The van der Waals surface area contributed by atoms with E-state index >= 15 is 0 Å². The molecule has 0 spiro atoms. The molecule has 3 N–H and O–H groups in total. The van der Waals surface area contributed by atoms with Crippen LogP contribution in [0.4, 0.5) is 10.1 Å². The second kappa shape index (κ2) is 13.3. The maximum Gasteiger partial charge on any atom is 0.224 e. The summed E-state index contributed by atoms with van der Waals surface area (Å²) in [7, 11) is 3.92.